The van der Waals surface area contributed by atoms with Crippen LogP contribution in [0.15, 0.2) is 16.6 Å². The number of benzene rings is 1. The molecule has 2 rings (SSSR count). The molecular formula is C18H22BrClF3NO2. The molecule has 146 valence electrons. The Morgan fingerprint density at radius 2 is 1.92 bits per heavy atom. The van der Waals surface area contributed by atoms with E-state index in [0.29, 0.717) is 5.56 Å². The van der Waals surface area contributed by atoms with E-state index in [-0.39, 0.29) is 41.7 Å². The van der Waals surface area contributed by atoms with Gasteiger partial charge in [-0.15, -0.1) is 0 Å². The third-order valence-electron chi connectivity index (χ3n) is 4.19. The van der Waals surface area contributed by atoms with Gasteiger partial charge in [-0.25, -0.2) is 18.0 Å². The zero-order valence-corrected chi connectivity index (χ0v) is 17.3. The molecule has 0 spiro atoms. The summed E-state index contributed by atoms with van der Waals surface area (Å²) in [6, 6.07) is 2.24. The number of amides is 1. The van der Waals surface area contributed by atoms with Gasteiger partial charge >= 0.3 is 6.09 Å². The Kier molecular flexibility index (Phi) is 6.54. The van der Waals surface area contributed by atoms with Crippen molar-refractivity contribution in [2.45, 2.75) is 70.6 Å². The van der Waals surface area contributed by atoms with Gasteiger partial charge in [0.15, 0.2) is 0 Å². The van der Waals surface area contributed by atoms with Gasteiger partial charge in [0.25, 0.3) is 0 Å². The van der Waals surface area contributed by atoms with E-state index in [1.165, 1.54) is 17.0 Å². The van der Waals surface area contributed by atoms with E-state index in [9.17, 15) is 18.0 Å². The Hall–Kier alpha value is -0.950. The molecule has 1 aliphatic carbocycles. The number of hydrogen-bond donors (Lipinski definition) is 0. The molecule has 0 saturated heterocycles. The van der Waals surface area contributed by atoms with Gasteiger partial charge in [-0.1, -0.05) is 11.6 Å². The van der Waals surface area contributed by atoms with Crippen molar-refractivity contribution in [3.05, 3.63) is 33.0 Å². The molecule has 3 nitrogen and oxygen atoms in total. The SMILES string of the molecule is CC(C)(C)OC(=O)N(Cc1cc(F)c(Br)cc1Cl)C1CCC(F)(F)CC1. The number of carbonyl (C=O) groups is 1. The maximum atomic E-state index is 13.9. The number of nitrogens with zero attached hydrogens (tertiary/aromatic N) is 1. The highest BCUT2D eigenvalue weighted by atomic mass is 79.9. The van der Waals surface area contributed by atoms with Gasteiger partial charge in [0.1, 0.15) is 11.4 Å². The summed E-state index contributed by atoms with van der Waals surface area (Å²) < 4.78 is 46.5. The molecule has 0 radical (unpaired) electrons. The molecule has 1 saturated carbocycles. The van der Waals surface area contributed by atoms with Crippen LogP contribution in [0.25, 0.3) is 0 Å². The highest BCUT2D eigenvalue weighted by molar-refractivity contribution is 9.10. The van der Waals surface area contributed by atoms with Crippen molar-refractivity contribution in [2.75, 3.05) is 0 Å². The quantitative estimate of drug-likeness (QED) is 0.482. The van der Waals surface area contributed by atoms with E-state index in [4.69, 9.17) is 16.3 Å². The van der Waals surface area contributed by atoms with Crippen LogP contribution < -0.4 is 0 Å². The Morgan fingerprint density at radius 1 is 1.35 bits per heavy atom. The normalized spacial score (nSPS) is 17.8. The minimum absolute atomic E-state index is 0.00577. The molecule has 26 heavy (non-hydrogen) atoms. The smallest absolute Gasteiger partial charge is 0.410 e. The molecule has 1 fully saturated rings. The topological polar surface area (TPSA) is 29.5 Å². The molecule has 0 bridgehead atoms. The van der Waals surface area contributed by atoms with Gasteiger partial charge in [-0.3, -0.25) is 0 Å². The molecule has 0 aromatic heterocycles. The summed E-state index contributed by atoms with van der Waals surface area (Å²) in [7, 11) is 0. The molecule has 0 aliphatic heterocycles. The van der Waals surface area contributed by atoms with Crippen LogP contribution in [0.4, 0.5) is 18.0 Å². The minimum atomic E-state index is -2.71. The van der Waals surface area contributed by atoms with Crippen LogP contribution in [-0.4, -0.2) is 28.6 Å². The molecule has 0 unspecified atom stereocenters. The molecule has 1 aromatic carbocycles. The first kappa shape index (κ1) is 21.4. The van der Waals surface area contributed by atoms with Gasteiger partial charge in [-0.05, 0) is 67.2 Å². The standard InChI is InChI=1S/C18H22BrClF3NO2/c1-17(2,3)26-16(25)24(12-4-6-18(22,23)7-5-12)10-11-8-15(21)13(19)9-14(11)20/h8-9,12H,4-7,10H2,1-3H3. The Morgan fingerprint density at radius 3 is 2.46 bits per heavy atom. The van der Waals surface area contributed by atoms with Gasteiger partial charge in [0.2, 0.25) is 5.92 Å². The van der Waals surface area contributed by atoms with E-state index < -0.39 is 29.5 Å². The van der Waals surface area contributed by atoms with Crippen molar-refractivity contribution < 1.29 is 22.7 Å². The summed E-state index contributed by atoms with van der Waals surface area (Å²) in [5.74, 6) is -3.22. The fraction of sp³-hybridized carbons (Fsp3) is 0.611. The number of carbonyl (C=O) groups excluding carboxylic acids is 1. The second-order valence-corrected chi connectivity index (χ2v) is 8.81. The number of rotatable bonds is 3. The van der Waals surface area contributed by atoms with Crippen molar-refractivity contribution in [2.24, 2.45) is 0 Å². The Bertz CT molecular complexity index is 669. The van der Waals surface area contributed by atoms with Gasteiger partial charge in [0, 0.05) is 23.9 Å². The second kappa shape index (κ2) is 7.97. The van der Waals surface area contributed by atoms with Crippen molar-refractivity contribution in [3.8, 4) is 0 Å². The van der Waals surface area contributed by atoms with Gasteiger partial charge in [-0.2, -0.15) is 0 Å². The van der Waals surface area contributed by atoms with Gasteiger partial charge in [0.05, 0.1) is 11.0 Å². The Balaban J connectivity index is 2.26. The van der Waals surface area contributed by atoms with Crippen LogP contribution in [0.3, 0.4) is 0 Å². The lowest BCUT2D eigenvalue weighted by atomic mass is 9.91. The zero-order valence-electron chi connectivity index (χ0n) is 14.9. The summed E-state index contributed by atoms with van der Waals surface area (Å²) in [6.45, 7) is 5.17. The first-order chi connectivity index (χ1) is 11.9. The predicted molar refractivity (Wildman–Crippen MR) is 98.1 cm³/mol. The lowest BCUT2D eigenvalue weighted by Gasteiger charge is -2.37. The van der Waals surface area contributed by atoms with Crippen LogP contribution in [0, 0.1) is 5.82 Å². The molecular weight excluding hydrogens is 435 g/mol. The summed E-state index contributed by atoms with van der Waals surface area (Å²) in [5, 5.41) is 0.285. The summed E-state index contributed by atoms with van der Waals surface area (Å²) >= 11 is 9.23. The van der Waals surface area contributed by atoms with E-state index in [1.54, 1.807) is 20.8 Å². The number of alkyl halides is 2. The van der Waals surface area contributed by atoms with E-state index in [2.05, 4.69) is 15.9 Å². The molecule has 1 amide bonds. The van der Waals surface area contributed by atoms with Crippen LogP contribution in [0.5, 0.6) is 0 Å². The number of halogens is 5. The van der Waals surface area contributed by atoms with Crippen molar-refractivity contribution >= 4 is 33.6 Å². The van der Waals surface area contributed by atoms with Crippen molar-refractivity contribution in [1.82, 2.24) is 4.90 Å². The fourth-order valence-corrected chi connectivity index (χ4v) is 3.57. The summed E-state index contributed by atoms with van der Waals surface area (Å²) in [6.07, 6.45) is -0.892. The number of ether oxygens (including phenoxy) is 1. The van der Waals surface area contributed by atoms with Gasteiger partial charge < -0.3 is 9.64 Å². The minimum Gasteiger partial charge on any atom is -0.444 e. The zero-order chi connectivity index (χ0) is 19.7. The molecule has 0 heterocycles. The summed E-state index contributed by atoms with van der Waals surface area (Å²) in [4.78, 5) is 14.0. The van der Waals surface area contributed by atoms with E-state index in [0.717, 1.165) is 0 Å². The van der Waals surface area contributed by atoms with Crippen LogP contribution in [0.1, 0.15) is 52.0 Å². The molecule has 8 heteroatoms. The van der Waals surface area contributed by atoms with Crippen LogP contribution in [0.2, 0.25) is 5.02 Å². The average Bonchev–Trinajstić information content (AvgIpc) is 2.48. The molecule has 0 atom stereocenters. The fourth-order valence-electron chi connectivity index (χ4n) is 2.87. The highest BCUT2D eigenvalue weighted by Crippen LogP contribution is 2.36. The van der Waals surface area contributed by atoms with Crippen LogP contribution >= 0.6 is 27.5 Å². The average molecular weight is 457 g/mol. The van der Waals surface area contributed by atoms with Crippen LogP contribution in [-0.2, 0) is 11.3 Å². The Labute approximate surface area is 165 Å². The first-order valence-electron chi connectivity index (χ1n) is 8.39. The third kappa shape index (κ3) is 5.78. The number of hydrogen-bond acceptors (Lipinski definition) is 2. The third-order valence-corrected chi connectivity index (χ3v) is 5.14. The molecule has 1 aromatic rings. The molecule has 1 aliphatic rings. The lowest BCUT2D eigenvalue weighted by molar-refractivity contribution is -0.0580. The molecule has 0 N–H and O–H groups in total. The van der Waals surface area contributed by atoms with E-state index in [1.807, 2.05) is 0 Å². The second-order valence-electron chi connectivity index (χ2n) is 7.55. The summed E-state index contributed by atoms with van der Waals surface area (Å²) in [5.41, 5.74) is -0.335. The maximum Gasteiger partial charge on any atom is 0.410 e. The largest absolute Gasteiger partial charge is 0.444 e. The lowest BCUT2D eigenvalue weighted by Crippen LogP contribution is -2.46. The van der Waals surface area contributed by atoms with E-state index >= 15 is 0 Å². The monoisotopic (exact) mass is 455 g/mol. The first-order valence-corrected chi connectivity index (χ1v) is 9.56. The van der Waals surface area contributed by atoms with Crippen molar-refractivity contribution in [3.63, 3.8) is 0 Å². The highest BCUT2D eigenvalue weighted by Gasteiger charge is 2.39. The maximum absolute atomic E-state index is 13.9. The van der Waals surface area contributed by atoms with Crippen molar-refractivity contribution in [1.29, 1.82) is 0 Å². The predicted octanol–water partition coefficient (Wildman–Crippen LogP) is 6.56.